The van der Waals surface area contributed by atoms with Crippen molar-refractivity contribution in [2.75, 3.05) is 0 Å². The number of benzene rings is 2. The van der Waals surface area contributed by atoms with Crippen molar-refractivity contribution in [1.82, 2.24) is 15.2 Å². The molecule has 2 heterocycles. The van der Waals surface area contributed by atoms with Crippen molar-refractivity contribution < 1.29 is 4.42 Å². The van der Waals surface area contributed by atoms with E-state index in [1.54, 1.807) is 0 Å². The Morgan fingerprint density at radius 1 is 1.09 bits per heavy atom. The first-order valence-corrected chi connectivity index (χ1v) is 7.23. The maximum Gasteiger partial charge on any atom is 0.264 e. The highest BCUT2D eigenvalue weighted by Gasteiger charge is 2.17. The highest BCUT2D eigenvalue weighted by molar-refractivity contribution is 5.90. The molecule has 4 aromatic rings. The van der Waals surface area contributed by atoms with Crippen molar-refractivity contribution in [2.24, 2.45) is 0 Å². The van der Waals surface area contributed by atoms with Crippen molar-refractivity contribution in [3.05, 3.63) is 71.6 Å². The lowest BCUT2D eigenvalue weighted by Crippen LogP contribution is -1.91. The molecule has 2 aromatic carbocycles. The summed E-state index contributed by atoms with van der Waals surface area (Å²) in [5.41, 5.74) is 5.67. The highest BCUT2D eigenvalue weighted by Crippen LogP contribution is 2.31. The fourth-order valence-corrected chi connectivity index (χ4v) is 2.81. The van der Waals surface area contributed by atoms with Gasteiger partial charge in [-0.25, -0.2) is 0 Å². The Bertz CT molecular complexity index is 908. The van der Waals surface area contributed by atoms with Gasteiger partial charge in [0.2, 0.25) is 6.39 Å². The van der Waals surface area contributed by atoms with Crippen LogP contribution >= 0.6 is 0 Å². The molecule has 108 valence electrons. The van der Waals surface area contributed by atoms with Crippen LogP contribution in [0.4, 0.5) is 0 Å². The van der Waals surface area contributed by atoms with Gasteiger partial charge in [0.15, 0.2) is 0 Å². The summed E-state index contributed by atoms with van der Waals surface area (Å²) in [6.07, 6.45) is 2.18. The standard InChI is InChI=1S/C18H15N3O/c1-12-7-8-16-14(9-12)15(10-13-5-3-2-4-6-13)17(20-16)18-21-19-11-22-18/h2-9,11,20H,10H2,1H3. The van der Waals surface area contributed by atoms with E-state index in [-0.39, 0.29) is 0 Å². The smallest absolute Gasteiger partial charge is 0.264 e. The predicted octanol–water partition coefficient (Wildman–Crippen LogP) is 4.12. The number of hydrogen-bond donors (Lipinski definition) is 1. The van der Waals surface area contributed by atoms with E-state index in [4.69, 9.17) is 4.42 Å². The van der Waals surface area contributed by atoms with E-state index in [1.807, 2.05) is 6.07 Å². The molecule has 4 rings (SSSR count). The molecule has 4 heteroatoms. The van der Waals surface area contributed by atoms with Gasteiger partial charge in [-0.15, -0.1) is 10.2 Å². The molecule has 0 unspecified atom stereocenters. The Kier molecular flexibility index (Phi) is 3.00. The highest BCUT2D eigenvalue weighted by atomic mass is 16.4. The van der Waals surface area contributed by atoms with E-state index in [0.717, 1.165) is 17.6 Å². The van der Waals surface area contributed by atoms with Crippen LogP contribution in [0.15, 0.2) is 59.3 Å². The number of fused-ring (bicyclic) bond motifs is 1. The summed E-state index contributed by atoms with van der Waals surface area (Å²) < 4.78 is 5.40. The van der Waals surface area contributed by atoms with Crippen LogP contribution < -0.4 is 0 Å². The summed E-state index contributed by atoms with van der Waals surface area (Å²) in [4.78, 5) is 3.42. The lowest BCUT2D eigenvalue weighted by Gasteiger charge is -2.03. The summed E-state index contributed by atoms with van der Waals surface area (Å²) in [5.74, 6) is 0.528. The third-order valence-corrected chi connectivity index (χ3v) is 3.86. The molecular weight excluding hydrogens is 274 g/mol. The van der Waals surface area contributed by atoms with Crippen molar-refractivity contribution in [1.29, 1.82) is 0 Å². The van der Waals surface area contributed by atoms with Gasteiger partial charge in [0, 0.05) is 17.3 Å². The monoisotopic (exact) mass is 289 g/mol. The quantitative estimate of drug-likeness (QED) is 0.617. The van der Waals surface area contributed by atoms with E-state index in [2.05, 4.69) is 64.6 Å². The first-order chi connectivity index (χ1) is 10.8. The minimum atomic E-state index is 0.528. The lowest BCUT2D eigenvalue weighted by atomic mass is 10.0. The van der Waals surface area contributed by atoms with Crippen LogP contribution in [0.1, 0.15) is 16.7 Å². The zero-order chi connectivity index (χ0) is 14.9. The topological polar surface area (TPSA) is 54.7 Å². The zero-order valence-corrected chi connectivity index (χ0v) is 12.2. The van der Waals surface area contributed by atoms with Gasteiger partial charge in [0.25, 0.3) is 5.89 Å². The van der Waals surface area contributed by atoms with Crippen LogP contribution in [0.3, 0.4) is 0 Å². The van der Waals surface area contributed by atoms with Crippen LogP contribution in [0.25, 0.3) is 22.5 Å². The van der Waals surface area contributed by atoms with Gasteiger partial charge in [0.05, 0.1) is 0 Å². The van der Waals surface area contributed by atoms with Gasteiger partial charge in [-0.3, -0.25) is 0 Å². The lowest BCUT2D eigenvalue weighted by molar-refractivity contribution is 0.566. The zero-order valence-electron chi connectivity index (χ0n) is 12.2. The molecule has 0 aliphatic rings. The summed E-state index contributed by atoms with van der Waals surface area (Å²) >= 11 is 0. The van der Waals surface area contributed by atoms with Gasteiger partial charge >= 0.3 is 0 Å². The van der Waals surface area contributed by atoms with E-state index in [9.17, 15) is 0 Å². The van der Waals surface area contributed by atoms with Gasteiger partial charge in [-0.2, -0.15) is 0 Å². The molecule has 0 bridgehead atoms. The van der Waals surface area contributed by atoms with E-state index < -0.39 is 0 Å². The van der Waals surface area contributed by atoms with E-state index in [0.29, 0.717) is 5.89 Å². The first kappa shape index (κ1) is 12.8. The Balaban J connectivity index is 1.93. The number of nitrogens with zero attached hydrogens (tertiary/aromatic N) is 2. The molecule has 0 saturated heterocycles. The van der Waals surface area contributed by atoms with Crippen LogP contribution in [0, 0.1) is 6.92 Å². The fraction of sp³-hybridized carbons (Fsp3) is 0.111. The Hall–Kier alpha value is -2.88. The molecule has 22 heavy (non-hydrogen) atoms. The van der Waals surface area contributed by atoms with Gasteiger partial charge in [-0.05, 0) is 30.2 Å². The molecule has 0 spiro atoms. The minimum Gasteiger partial charge on any atom is -0.422 e. The third kappa shape index (κ3) is 2.19. The van der Waals surface area contributed by atoms with E-state index in [1.165, 1.54) is 28.5 Å². The molecule has 4 nitrogen and oxygen atoms in total. The second-order valence-corrected chi connectivity index (χ2v) is 5.43. The summed E-state index contributed by atoms with van der Waals surface area (Å²) in [7, 11) is 0. The van der Waals surface area contributed by atoms with Crippen LogP contribution in [-0.4, -0.2) is 15.2 Å². The molecule has 2 aromatic heterocycles. The number of rotatable bonds is 3. The average molecular weight is 289 g/mol. The molecule has 0 atom stereocenters. The second-order valence-electron chi connectivity index (χ2n) is 5.43. The van der Waals surface area contributed by atoms with E-state index >= 15 is 0 Å². The molecule has 0 amide bonds. The molecule has 0 fully saturated rings. The molecule has 0 aliphatic heterocycles. The Labute approximate surface area is 127 Å². The van der Waals surface area contributed by atoms with Crippen LogP contribution in [0.2, 0.25) is 0 Å². The van der Waals surface area contributed by atoms with Gasteiger partial charge in [-0.1, -0.05) is 42.0 Å². The molecule has 0 saturated carbocycles. The largest absolute Gasteiger partial charge is 0.422 e. The Morgan fingerprint density at radius 2 is 1.95 bits per heavy atom. The Morgan fingerprint density at radius 3 is 2.73 bits per heavy atom. The normalized spacial score (nSPS) is 11.1. The third-order valence-electron chi connectivity index (χ3n) is 3.86. The molecule has 1 N–H and O–H groups in total. The maximum absolute atomic E-state index is 5.40. The number of H-pyrrole nitrogens is 1. The second kappa shape index (κ2) is 5.15. The summed E-state index contributed by atoms with van der Waals surface area (Å²) in [6.45, 7) is 2.10. The van der Waals surface area contributed by atoms with Crippen molar-refractivity contribution in [3.8, 4) is 11.6 Å². The maximum atomic E-state index is 5.40. The van der Waals surface area contributed by atoms with Gasteiger partial charge in [0.1, 0.15) is 5.69 Å². The number of nitrogens with one attached hydrogen (secondary N) is 1. The summed E-state index contributed by atoms with van der Waals surface area (Å²) in [6, 6.07) is 16.8. The number of aromatic nitrogens is 3. The van der Waals surface area contributed by atoms with Crippen LogP contribution in [-0.2, 0) is 6.42 Å². The van der Waals surface area contributed by atoms with Crippen molar-refractivity contribution in [2.45, 2.75) is 13.3 Å². The summed E-state index contributed by atoms with van der Waals surface area (Å²) in [5, 5.41) is 9.06. The minimum absolute atomic E-state index is 0.528. The average Bonchev–Trinajstić information content (AvgIpc) is 3.17. The van der Waals surface area contributed by atoms with Crippen molar-refractivity contribution >= 4 is 10.9 Å². The van der Waals surface area contributed by atoms with Gasteiger partial charge < -0.3 is 9.40 Å². The fourth-order valence-electron chi connectivity index (χ4n) is 2.81. The molecule has 0 radical (unpaired) electrons. The molecular formula is C18H15N3O. The van der Waals surface area contributed by atoms with Crippen LogP contribution in [0.5, 0.6) is 0 Å². The number of aromatic amines is 1. The molecule has 0 aliphatic carbocycles. The predicted molar refractivity (Wildman–Crippen MR) is 85.6 cm³/mol. The van der Waals surface area contributed by atoms with Crippen molar-refractivity contribution in [3.63, 3.8) is 0 Å². The number of aryl methyl sites for hydroxylation is 1. The SMILES string of the molecule is Cc1ccc2[nH]c(-c3nnco3)c(Cc3ccccc3)c2c1. The number of hydrogen-bond acceptors (Lipinski definition) is 3. The first-order valence-electron chi connectivity index (χ1n) is 7.23.